The van der Waals surface area contributed by atoms with Crippen LogP contribution in [0.3, 0.4) is 0 Å². The minimum Gasteiger partial charge on any atom is -0.347 e. The van der Waals surface area contributed by atoms with E-state index in [1.165, 1.54) is 12.8 Å². The third-order valence-corrected chi connectivity index (χ3v) is 4.44. The maximum atomic E-state index is 12.2. The summed E-state index contributed by atoms with van der Waals surface area (Å²) in [6.07, 6.45) is 5.15. The van der Waals surface area contributed by atoms with Gasteiger partial charge in [0.15, 0.2) is 5.69 Å². The van der Waals surface area contributed by atoms with Gasteiger partial charge in [-0.3, -0.25) is 4.79 Å². The molecule has 2 fully saturated rings. The quantitative estimate of drug-likeness (QED) is 0.843. The monoisotopic (exact) mass is 263 g/mol. The van der Waals surface area contributed by atoms with E-state index < -0.39 is 0 Å². The molecule has 0 bridgehead atoms. The van der Waals surface area contributed by atoms with Crippen molar-refractivity contribution in [3.63, 3.8) is 0 Å². The van der Waals surface area contributed by atoms with Gasteiger partial charge in [-0.1, -0.05) is 25.5 Å². The van der Waals surface area contributed by atoms with Gasteiger partial charge in [0.05, 0.1) is 12.2 Å². The van der Waals surface area contributed by atoms with Crippen molar-refractivity contribution in [3.8, 4) is 0 Å². The maximum Gasteiger partial charge on any atom is 0.273 e. The Hall–Kier alpha value is -1.43. The van der Waals surface area contributed by atoms with Crippen LogP contribution < -0.4 is 10.6 Å². The molecule has 2 heterocycles. The van der Waals surface area contributed by atoms with Gasteiger partial charge in [-0.2, -0.15) is 0 Å². The van der Waals surface area contributed by atoms with Gasteiger partial charge >= 0.3 is 0 Å². The van der Waals surface area contributed by atoms with Crippen LogP contribution in [0.4, 0.5) is 0 Å². The van der Waals surface area contributed by atoms with Gasteiger partial charge in [-0.15, -0.1) is 5.10 Å². The third kappa shape index (κ3) is 2.36. The summed E-state index contributed by atoms with van der Waals surface area (Å²) in [6.45, 7) is 6.23. The lowest BCUT2D eigenvalue weighted by atomic mass is 9.87. The Morgan fingerprint density at radius 2 is 2.32 bits per heavy atom. The lowest BCUT2D eigenvalue weighted by molar-refractivity contribution is 0.0905. The molecule has 1 saturated carbocycles. The van der Waals surface area contributed by atoms with E-state index in [1.54, 1.807) is 10.9 Å². The molecule has 3 rings (SSSR count). The highest BCUT2D eigenvalue weighted by molar-refractivity contribution is 5.92. The van der Waals surface area contributed by atoms with E-state index in [1.807, 2.05) is 0 Å². The van der Waals surface area contributed by atoms with E-state index in [9.17, 15) is 4.79 Å². The van der Waals surface area contributed by atoms with Crippen molar-refractivity contribution in [1.29, 1.82) is 0 Å². The molecule has 1 atom stereocenters. The average molecular weight is 263 g/mol. The van der Waals surface area contributed by atoms with E-state index in [-0.39, 0.29) is 17.4 Å². The molecule has 0 aromatic carbocycles. The molecule has 19 heavy (non-hydrogen) atoms. The number of aromatic nitrogens is 3. The minimum absolute atomic E-state index is 0.0986. The molecule has 1 aliphatic carbocycles. The molecular weight excluding hydrogens is 242 g/mol. The first-order valence-corrected chi connectivity index (χ1v) is 7.00. The van der Waals surface area contributed by atoms with Gasteiger partial charge in [0, 0.05) is 19.1 Å². The van der Waals surface area contributed by atoms with Crippen molar-refractivity contribution in [3.05, 3.63) is 11.9 Å². The van der Waals surface area contributed by atoms with Gasteiger partial charge in [0.25, 0.3) is 5.91 Å². The molecule has 0 spiro atoms. The molecule has 6 heteroatoms. The number of hydrogen-bond acceptors (Lipinski definition) is 4. The number of nitrogens with one attached hydrogen (secondary N) is 2. The summed E-state index contributed by atoms with van der Waals surface area (Å²) >= 11 is 0. The molecule has 6 nitrogen and oxygen atoms in total. The Balaban J connectivity index is 1.65. The molecule has 104 valence electrons. The fraction of sp³-hybridized carbons (Fsp3) is 0.769. The van der Waals surface area contributed by atoms with E-state index in [4.69, 9.17) is 0 Å². The summed E-state index contributed by atoms with van der Waals surface area (Å²) < 4.78 is 1.78. The van der Waals surface area contributed by atoms with Crippen molar-refractivity contribution in [2.45, 2.75) is 45.2 Å². The Bertz CT molecular complexity index is 477. The van der Waals surface area contributed by atoms with E-state index in [0.29, 0.717) is 11.7 Å². The van der Waals surface area contributed by atoms with Crippen LogP contribution in [-0.2, 0) is 0 Å². The number of nitrogens with zero attached hydrogens (tertiary/aromatic N) is 3. The smallest absolute Gasteiger partial charge is 0.273 e. The van der Waals surface area contributed by atoms with Crippen LogP contribution in [0.5, 0.6) is 0 Å². The Kier molecular flexibility index (Phi) is 3.05. The molecule has 1 saturated heterocycles. The van der Waals surface area contributed by atoms with Crippen molar-refractivity contribution < 1.29 is 4.79 Å². The van der Waals surface area contributed by atoms with Gasteiger partial charge in [0.2, 0.25) is 0 Å². The molecule has 1 aromatic heterocycles. The zero-order chi connectivity index (χ0) is 13.5. The first-order chi connectivity index (χ1) is 9.06. The summed E-state index contributed by atoms with van der Waals surface area (Å²) in [5.41, 5.74) is 0.610. The van der Waals surface area contributed by atoms with Crippen molar-refractivity contribution in [1.82, 2.24) is 25.6 Å². The summed E-state index contributed by atoms with van der Waals surface area (Å²) in [5.74, 6) is -0.0986. The van der Waals surface area contributed by atoms with E-state index in [0.717, 1.165) is 19.5 Å². The van der Waals surface area contributed by atoms with Crippen LogP contribution >= 0.6 is 0 Å². The number of hydrogen-bond donors (Lipinski definition) is 2. The average Bonchev–Trinajstić information content (AvgIpc) is 2.85. The van der Waals surface area contributed by atoms with Crippen LogP contribution in [0.1, 0.15) is 49.6 Å². The molecule has 1 aliphatic heterocycles. The van der Waals surface area contributed by atoms with E-state index >= 15 is 0 Å². The third-order valence-electron chi connectivity index (χ3n) is 4.44. The van der Waals surface area contributed by atoms with Crippen LogP contribution in [0.15, 0.2) is 6.20 Å². The normalized spacial score (nSPS) is 26.1. The largest absolute Gasteiger partial charge is 0.347 e. The van der Waals surface area contributed by atoms with E-state index in [2.05, 4.69) is 34.8 Å². The number of amides is 1. The topological polar surface area (TPSA) is 71.8 Å². The molecule has 0 radical (unpaired) electrons. The lowest BCUT2D eigenvalue weighted by Gasteiger charge is -2.27. The summed E-state index contributed by atoms with van der Waals surface area (Å²) in [6, 6.07) is 0.590. The fourth-order valence-electron chi connectivity index (χ4n) is 2.85. The minimum atomic E-state index is -0.0986. The highest BCUT2D eigenvalue weighted by atomic mass is 16.2. The number of carbonyl (C=O) groups is 1. The Morgan fingerprint density at radius 1 is 1.53 bits per heavy atom. The second-order valence-electron chi connectivity index (χ2n) is 6.30. The number of rotatable bonds is 3. The highest BCUT2D eigenvalue weighted by Gasteiger charge is 2.36. The first kappa shape index (κ1) is 12.6. The molecule has 2 N–H and O–H groups in total. The van der Waals surface area contributed by atoms with Gasteiger partial charge < -0.3 is 10.6 Å². The second kappa shape index (κ2) is 4.59. The standard InChI is InChI=1S/C13H21N5O/c1-13(2)5-3-4-11(13)15-12(19)10-8-18(17-16-10)9-6-14-7-9/h8-9,11,14H,3-7H2,1-2H3,(H,15,19). The van der Waals surface area contributed by atoms with Crippen molar-refractivity contribution in [2.24, 2.45) is 5.41 Å². The second-order valence-corrected chi connectivity index (χ2v) is 6.30. The van der Waals surface area contributed by atoms with Crippen molar-refractivity contribution in [2.75, 3.05) is 13.1 Å². The lowest BCUT2D eigenvalue weighted by Crippen LogP contribution is -2.43. The molecular formula is C13H21N5O. The number of carbonyl (C=O) groups excluding carboxylic acids is 1. The van der Waals surface area contributed by atoms with Crippen LogP contribution in [0, 0.1) is 5.41 Å². The fourth-order valence-corrected chi connectivity index (χ4v) is 2.85. The van der Waals surface area contributed by atoms with Crippen LogP contribution in [0.25, 0.3) is 0 Å². The first-order valence-electron chi connectivity index (χ1n) is 7.00. The molecule has 2 aliphatic rings. The SMILES string of the molecule is CC1(C)CCCC1NC(=O)c1cn(C2CNC2)nn1. The molecule has 1 amide bonds. The Morgan fingerprint density at radius 3 is 2.89 bits per heavy atom. The van der Waals surface area contributed by atoms with Gasteiger partial charge in [0.1, 0.15) is 0 Å². The summed E-state index contributed by atoms with van der Waals surface area (Å²) in [4.78, 5) is 12.2. The maximum absolute atomic E-state index is 12.2. The van der Waals surface area contributed by atoms with Crippen LogP contribution in [0.2, 0.25) is 0 Å². The predicted molar refractivity (Wildman–Crippen MR) is 70.8 cm³/mol. The Labute approximate surface area is 112 Å². The highest BCUT2D eigenvalue weighted by Crippen LogP contribution is 2.37. The molecule has 1 aromatic rings. The summed E-state index contributed by atoms with van der Waals surface area (Å²) in [7, 11) is 0. The zero-order valence-corrected chi connectivity index (χ0v) is 11.5. The predicted octanol–water partition coefficient (Wildman–Crippen LogP) is 0.731. The van der Waals surface area contributed by atoms with Crippen LogP contribution in [-0.4, -0.2) is 40.0 Å². The van der Waals surface area contributed by atoms with Gasteiger partial charge in [-0.05, 0) is 18.3 Å². The summed E-state index contributed by atoms with van der Waals surface area (Å²) in [5, 5.41) is 14.3. The molecule has 1 unspecified atom stereocenters. The van der Waals surface area contributed by atoms with Crippen molar-refractivity contribution >= 4 is 5.91 Å². The zero-order valence-electron chi connectivity index (χ0n) is 11.5. The van der Waals surface area contributed by atoms with Gasteiger partial charge in [-0.25, -0.2) is 4.68 Å².